The van der Waals surface area contributed by atoms with E-state index in [0.717, 1.165) is 25.9 Å². The molecule has 1 aliphatic rings. The van der Waals surface area contributed by atoms with E-state index in [2.05, 4.69) is 15.7 Å². The first-order valence-corrected chi connectivity index (χ1v) is 8.38. The summed E-state index contributed by atoms with van der Waals surface area (Å²) in [5, 5.41) is 10.6. The standard InChI is InChI=1S/C18H22N4O2/c1-2-17(23)13-5-3-6-14(11-13)20-18(24)16-8-10-22(21-16)15-7-4-9-19-12-15/h3,5-6,8,10-11,15,19H,2,4,7,9,12H2,1H3,(H,20,24). The van der Waals surface area contributed by atoms with Gasteiger partial charge in [0.2, 0.25) is 0 Å². The molecule has 0 bridgehead atoms. The van der Waals surface area contributed by atoms with Gasteiger partial charge in [-0.15, -0.1) is 0 Å². The maximum atomic E-state index is 12.4. The lowest BCUT2D eigenvalue weighted by Gasteiger charge is -2.22. The first-order chi connectivity index (χ1) is 11.7. The Labute approximate surface area is 141 Å². The molecule has 2 heterocycles. The Morgan fingerprint density at radius 1 is 1.38 bits per heavy atom. The molecule has 0 radical (unpaired) electrons. The minimum absolute atomic E-state index is 0.0557. The minimum atomic E-state index is -0.265. The fourth-order valence-electron chi connectivity index (χ4n) is 2.89. The maximum Gasteiger partial charge on any atom is 0.276 e. The third-order valence-corrected chi connectivity index (χ3v) is 4.25. The fraction of sp³-hybridized carbons (Fsp3) is 0.389. The van der Waals surface area contributed by atoms with Gasteiger partial charge < -0.3 is 10.6 Å². The van der Waals surface area contributed by atoms with Gasteiger partial charge in [-0.2, -0.15) is 5.10 Å². The van der Waals surface area contributed by atoms with Gasteiger partial charge in [0.05, 0.1) is 6.04 Å². The molecular formula is C18H22N4O2. The monoisotopic (exact) mass is 326 g/mol. The van der Waals surface area contributed by atoms with Gasteiger partial charge in [-0.05, 0) is 37.6 Å². The number of hydrogen-bond acceptors (Lipinski definition) is 4. The van der Waals surface area contributed by atoms with Crippen molar-refractivity contribution in [2.45, 2.75) is 32.2 Å². The number of carbonyl (C=O) groups excluding carboxylic acids is 2. The Kier molecular flexibility index (Phi) is 5.05. The average molecular weight is 326 g/mol. The van der Waals surface area contributed by atoms with E-state index in [4.69, 9.17) is 0 Å². The van der Waals surface area contributed by atoms with Gasteiger partial charge in [-0.1, -0.05) is 19.1 Å². The summed E-state index contributed by atoms with van der Waals surface area (Å²) in [6, 6.07) is 9.02. The number of nitrogens with zero attached hydrogens (tertiary/aromatic N) is 2. The van der Waals surface area contributed by atoms with Crippen molar-refractivity contribution < 1.29 is 9.59 Å². The topological polar surface area (TPSA) is 76.0 Å². The molecule has 1 aromatic heterocycles. The first kappa shape index (κ1) is 16.4. The second kappa shape index (κ2) is 7.40. The highest BCUT2D eigenvalue weighted by Crippen LogP contribution is 2.17. The molecular weight excluding hydrogens is 304 g/mol. The van der Waals surface area contributed by atoms with Gasteiger partial charge in [0, 0.05) is 30.4 Å². The number of aromatic nitrogens is 2. The number of carbonyl (C=O) groups is 2. The summed E-state index contributed by atoms with van der Waals surface area (Å²) in [6.45, 7) is 3.74. The molecule has 1 unspecified atom stereocenters. The van der Waals surface area contributed by atoms with Crippen LogP contribution >= 0.6 is 0 Å². The number of ketones is 1. The lowest BCUT2D eigenvalue weighted by molar-refractivity contribution is 0.0985. The number of amides is 1. The average Bonchev–Trinajstić information content (AvgIpc) is 3.12. The van der Waals surface area contributed by atoms with Crippen LogP contribution < -0.4 is 10.6 Å². The summed E-state index contributed by atoms with van der Waals surface area (Å²) >= 11 is 0. The molecule has 1 aromatic carbocycles. The molecule has 2 N–H and O–H groups in total. The Hall–Kier alpha value is -2.47. The van der Waals surface area contributed by atoms with Gasteiger partial charge in [0.25, 0.3) is 5.91 Å². The lowest BCUT2D eigenvalue weighted by Crippen LogP contribution is -2.32. The van der Waals surface area contributed by atoms with E-state index in [1.165, 1.54) is 0 Å². The number of piperidine rings is 1. The molecule has 0 aliphatic carbocycles. The highest BCUT2D eigenvalue weighted by atomic mass is 16.2. The minimum Gasteiger partial charge on any atom is -0.321 e. The third kappa shape index (κ3) is 3.71. The van der Waals surface area contributed by atoms with Crippen molar-refractivity contribution in [3.8, 4) is 0 Å². The molecule has 2 aromatic rings. The van der Waals surface area contributed by atoms with E-state index >= 15 is 0 Å². The molecule has 0 spiro atoms. The molecule has 3 rings (SSSR count). The van der Waals surface area contributed by atoms with Gasteiger partial charge >= 0.3 is 0 Å². The quantitative estimate of drug-likeness (QED) is 0.828. The normalized spacial score (nSPS) is 17.5. The van der Waals surface area contributed by atoms with Crippen LogP contribution in [0.2, 0.25) is 0 Å². The summed E-state index contributed by atoms with van der Waals surface area (Å²) in [5.41, 5.74) is 1.59. The molecule has 1 fully saturated rings. The van der Waals surface area contributed by atoms with Crippen molar-refractivity contribution in [1.29, 1.82) is 0 Å². The van der Waals surface area contributed by atoms with Crippen LogP contribution in [0.1, 0.15) is 53.1 Å². The van der Waals surface area contributed by atoms with Crippen molar-refractivity contribution in [1.82, 2.24) is 15.1 Å². The van der Waals surface area contributed by atoms with Crippen molar-refractivity contribution >= 4 is 17.4 Å². The van der Waals surface area contributed by atoms with Gasteiger partial charge in [0.1, 0.15) is 0 Å². The third-order valence-electron chi connectivity index (χ3n) is 4.25. The van der Waals surface area contributed by atoms with Gasteiger partial charge in [-0.3, -0.25) is 14.3 Å². The molecule has 24 heavy (non-hydrogen) atoms. The largest absolute Gasteiger partial charge is 0.321 e. The molecule has 1 amide bonds. The maximum absolute atomic E-state index is 12.4. The van der Waals surface area contributed by atoms with Crippen molar-refractivity contribution in [2.75, 3.05) is 18.4 Å². The number of benzene rings is 1. The van der Waals surface area contributed by atoms with E-state index in [0.29, 0.717) is 29.4 Å². The summed E-state index contributed by atoms with van der Waals surface area (Å²) in [5.74, 6) is -0.209. The van der Waals surface area contributed by atoms with Crippen molar-refractivity contribution in [2.24, 2.45) is 0 Å². The van der Waals surface area contributed by atoms with Crippen LogP contribution in [0.4, 0.5) is 5.69 Å². The van der Waals surface area contributed by atoms with Crippen LogP contribution in [0.15, 0.2) is 36.5 Å². The number of nitrogens with one attached hydrogen (secondary N) is 2. The van der Waals surface area contributed by atoms with Crippen LogP contribution in [0.25, 0.3) is 0 Å². The van der Waals surface area contributed by atoms with E-state index in [9.17, 15) is 9.59 Å². The number of Topliss-reactive ketones (excluding diaryl/α,β-unsaturated/α-hetero) is 1. The summed E-state index contributed by atoms with van der Waals surface area (Å²) in [6.07, 6.45) is 4.47. The zero-order valence-electron chi connectivity index (χ0n) is 13.8. The Balaban J connectivity index is 1.69. The molecule has 6 heteroatoms. The lowest BCUT2D eigenvalue weighted by atomic mass is 10.1. The van der Waals surface area contributed by atoms with E-state index in [1.807, 2.05) is 17.8 Å². The predicted octanol–water partition coefficient (Wildman–Crippen LogP) is 2.65. The van der Waals surface area contributed by atoms with Gasteiger partial charge in [-0.25, -0.2) is 0 Å². The number of rotatable bonds is 5. The SMILES string of the molecule is CCC(=O)c1cccc(NC(=O)c2ccn(C3CCCNC3)n2)c1. The highest BCUT2D eigenvalue weighted by molar-refractivity contribution is 6.04. The second-order valence-corrected chi connectivity index (χ2v) is 5.99. The molecule has 0 saturated carbocycles. The molecule has 1 atom stereocenters. The van der Waals surface area contributed by atoms with E-state index in [1.54, 1.807) is 30.3 Å². The smallest absolute Gasteiger partial charge is 0.276 e. The molecule has 6 nitrogen and oxygen atoms in total. The Morgan fingerprint density at radius 3 is 3.00 bits per heavy atom. The van der Waals surface area contributed by atoms with Crippen LogP contribution in [0.5, 0.6) is 0 Å². The summed E-state index contributed by atoms with van der Waals surface area (Å²) in [4.78, 5) is 24.1. The zero-order chi connectivity index (χ0) is 16.9. The van der Waals surface area contributed by atoms with Gasteiger partial charge in [0.15, 0.2) is 11.5 Å². The summed E-state index contributed by atoms with van der Waals surface area (Å²) < 4.78 is 1.86. The van der Waals surface area contributed by atoms with Crippen LogP contribution in [0.3, 0.4) is 0 Å². The van der Waals surface area contributed by atoms with Crippen LogP contribution in [-0.2, 0) is 0 Å². The summed E-state index contributed by atoms with van der Waals surface area (Å²) in [7, 11) is 0. The van der Waals surface area contributed by atoms with Crippen LogP contribution in [-0.4, -0.2) is 34.6 Å². The Bertz CT molecular complexity index is 732. The van der Waals surface area contributed by atoms with E-state index < -0.39 is 0 Å². The molecule has 126 valence electrons. The Morgan fingerprint density at radius 2 is 2.25 bits per heavy atom. The van der Waals surface area contributed by atoms with Crippen molar-refractivity contribution in [3.63, 3.8) is 0 Å². The molecule has 1 saturated heterocycles. The molecule has 1 aliphatic heterocycles. The first-order valence-electron chi connectivity index (χ1n) is 8.38. The highest BCUT2D eigenvalue weighted by Gasteiger charge is 2.18. The second-order valence-electron chi connectivity index (χ2n) is 5.99. The fourth-order valence-corrected chi connectivity index (χ4v) is 2.89. The predicted molar refractivity (Wildman–Crippen MR) is 92.4 cm³/mol. The van der Waals surface area contributed by atoms with Crippen LogP contribution in [0, 0.1) is 0 Å². The van der Waals surface area contributed by atoms with E-state index in [-0.39, 0.29) is 11.7 Å². The number of hydrogen-bond donors (Lipinski definition) is 2. The number of anilines is 1. The van der Waals surface area contributed by atoms with Crippen molar-refractivity contribution in [3.05, 3.63) is 47.8 Å². The zero-order valence-corrected chi connectivity index (χ0v) is 13.8.